The minimum atomic E-state index is -0.408. The van der Waals surface area contributed by atoms with Gasteiger partial charge in [0.2, 0.25) is 0 Å². The molecule has 0 amide bonds. The number of aromatic amines is 1. The van der Waals surface area contributed by atoms with Gasteiger partial charge in [-0.3, -0.25) is 4.79 Å². The summed E-state index contributed by atoms with van der Waals surface area (Å²) in [6, 6.07) is 0. The summed E-state index contributed by atoms with van der Waals surface area (Å²) in [7, 11) is 1.35. The molecule has 0 saturated heterocycles. The predicted molar refractivity (Wildman–Crippen MR) is 66.7 cm³/mol. The van der Waals surface area contributed by atoms with Crippen LogP contribution >= 0.6 is 0 Å². The Morgan fingerprint density at radius 2 is 1.94 bits per heavy atom. The molecule has 0 aliphatic heterocycles. The Bertz CT molecular complexity index is 462. The van der Waals surface area contributed by atoms with Crippen LogP contribution < -0.4 is 0 Å². The van der Waals surface area contributed by atoms with Gasteiger partial charge in [-0.1, -0.05) is 0 Å². The minimum absolute atomic E-state index is 0.318. The number of rotatable bonds is 4. The van der Waals surface area contributed by atoms with Crippen molar-refractivity contribution < 1.29 is 19.1 Å². The van der Waals surface area contributed by atoms with E-state index in [4.69, 9.17) is 9.47 Å². The van der Waals surface area contributed by atoms with E-state index in [9.17, 15) is 9.59 Å². The third-order valence-corrected chi connectivity index (χ3v) is 2.96. The van der Waals surface area contributed by atoms with Gasteiger partial charge >= 0.3 is 11.9 Å². The zero-order valence-electron chi connectivity index (χ0n) is 11.4. The molecule has 0 aliphatic carbocycles. The molecule has 0 saturated carbocycles. The number of H-pyrrole nitrogens is 1. The molecule has 0 spiro atoms. The summed E-state index contributed by atoms with van der Waals surface area (Å²) in [4.78, 5) is 26.3. The summed E-state index contributed by atoms with van der Waals surface area (Å²) in [6.45, 7) is 7.44. The summed E-state index contributed by atoms with van der Waals surface area (Å²) in [6.07, 6.45) is 0. The molecule has 100 valence electrons. The zero-order chi connectivity index (χ0) is 13.9. The monoisotopic (exact) mass is 253 g/mol. The third-order valence-electron chi connectivity index (χ3n) is 2.96. The first-order chi connectivity index (χ1) is 8.43. The lowest BCUT2D eigenvalue weighted by Crippen LogP contribution is -2.12. The second-order valence-corrected chi connectivity index (χ2v) is 4.13. The summed E-state index contributed by atoms with van der Waals surface area (Å²) in [5, 5.41) is 0. The van der Waals surface area contributed by atoms with Gasteiger partial charge < -0.3 is 14.5 Å². The average Bonchev–Trinajstić information content (AvgIpc) is 2.63. The standard InChI is InChI=1S/C13H19NO4/c1-6-18-13(16)11-7(2)10(9(4)14-11)8(3)12(15)17-5/h8,14H,6H2,1-5H3. The van der Waals surface area contributed by atoms with Gasteiger partial charge in [-0.25, -0.2) is 4.79 Å². The number of aromatic nitrogens is 1. The highest BCUT2D eigenvalue weighted by Gasteiger charge is 2.25. The van der Waals surface area contributed by atoms with Crippen molar-refractivity contribution in [1.29, 1.82) is 0 Å². The van der Waals surface area contributed by atoms with Gasteiger partial charge in [0.05, 0.1) is 19.6 Å². The van der Waals surface area contributed by atoms with Crippen molar-refractivity contribution in [1.82, 2.24) is 4.98 Å². The van der Waals surface area contributed by atoms with Crippen LogP contribution in [0, 0.1) is 13.8 Å². The first-order valence-electron chi connectivity index (χ1n) is 5.88. The maximum Gasteiger partial charge on any atom is 0.355 e. The first-order valence-corrected chi connectivity index (χ1v) is 5.88. The van der Waals surface area contributed by atoms with Crippen LogP contribution in [0.5, 0.6) is 0 Å². The van der Waals surface area contributed by atoms with E-state index in [-0.39, 0.29) is 5.97 Å². The van der Waals surface area contributed by atoms with Crippen molar-refractivity contribution in [2.24, 2.45) is 0 Å². The number of aryl methyl sites for hydroxylation is 1. The van der Waals surface area contributed by atoms with Crippen molar-refractivity contribution in [2.45, 2.75) is 33.6 Å². The van der Waals surface area contributed by atoms with Gasteiger partial charge in [0, 0.05) is 5.69 Å². The maximum absolute atomic E-state index is 11.7. The average molecular weight is 253 g/mol. The maximum atomic E-state index is 11.7. The molecule has 0 aromatic carbocycles. The van der Waals surface area contributed by atoms with Crippen LogP contribution in [0.4, 0.5) is 0 Å². The fourth-order valence-corrected chi connectivity index (χ4v) is 2.12. The van der Waals surface area contributed by atoms with E-state index < -0.39 is 11.9 Å². The minimum Gasteiger partial charge on any atom is -0.469 e. The lowest BCUT2D eigenvalue weighted by Gasteiger charge is -2.10. The Morgan fingerprint density at radius 1 is 1.33 bits per heavy atom. The Morgan fingerprint density at radius 3 is 2.44 bits per heavy atom. The summed E-state index contributed by atoms with van der Waals surface area (Å²) in [5.41, 5.74) is 2.72. The number of carbonyl (C=O) groups is 2. The highest BCUT2D eigenvalue weighted by atomic mass is 16.5. The molecule has 1 N–H and O–H groups in total. The van der Waals surface area contributed by atoms with Gasteiger partial charge in [-0.2, -0.15) is 0 Å². The Hall–Kier alpha value is -1.78. The SMILES string of the molecule is CCOC(=O)c1[nH]c(C)c(C(C)C(=O)OC)c1C. The number of carbonyl (C=O) groups excluding carboxylic acids is 2. The molecule has 0 fully saturated rings. The highest BCUT2D eigenvalue weighted by molar-refractivity contribution is 5.91. The predicted octanol–water partition coefficient (Wildman–Crippen LogP) is 2.08. The Labute approximate surface area is 106 Å². The molecule has 0 bridgehead atoms. The number of esters is 2. The van der Waals surface area contributed by atoms with E-state index in [0.717, 1.165) is 16.8 Å². The molecule has 1 aromatic heterocycles. The molecular formula is C13H19NO4. The van der Waals surface area contributed by atoms with E-state index in [1.807, 2.05) is 6.92 Å². The molecule has 1 rings (SSSR count). The largest absolute Gasteiger partial charge is 0.469 e. The van der Waals surface area contributed by atoms with E-state index >= 15 is 0 Å². The summed E-state index contributed by atoms with van der Waals surface area (Å²) < 4.78 is 9.68. The number of hydrogen-bond donors (Lipinski definition) is 1. The number of ether oxygens (including phenoxy) is 2. The fraction of sp³-hybridized carbons (Fsp3) is 0.538. The van der Waals surface area contributed by atoms with Crippen LogP contribution in [-0.2, 0) is 14.3 Å². The normalized spacial score (nSPS) is 12.1. The van der Waals surface area contributed by atoms with Crippen molar-refractivity contribution in [2.75, 3.05) is 13.7 Å². The quantitative estimate of drug-likeness (QED) is 0.834. The summed E-state index contributed by atoms with van der Waals surface area (Å²) >= 11 is 0. The summed E-state index contributed by atoms with van der Waals surface area (Å²) in [5.74, 6) is -1.13. The molecule has 1 aromatic rings. The van der Waals surface area contributed by atoms with Crippen molar-refractivity contribution in [3.63, 3.8) is 0 Å². The molecular weight excluding hydrogens is 234 g/mol. The Kier molecular flexibility index (Phi) is 4.53. The molecule has 1 unspecified atom stereocenters. The lowest BCUT2D eigenvalue weighted by atomic mass is 9.97. The molecule has 0 radical (unpaired) electrons. The molecule has 1 heterocycles. The van der Waals surface area contributed by atoms with Gasteiger partial charge in [0.15, 0.2) is 0 Å². The molecule has 5 heteroatoms. The highest BCUT2D eigenvalue weighted by Crippen LogP contribution is 2.27. The molecule has 1 atom stereocenters. The van der Waals surface area contributed by atoms with Gasteiger partial charge in [0.25, 0.3) is 0 Å². The first kappa shape index (κ1) is 14.3. The number of methoxy groups -OCH3 is 1. The molecule has 0 aliphatic rings. The van der Waals surface area contributed by atoms with E-state index in [1.165, 1.54) is 7.11 Å². The van der Waals surface area contributed by atoms with Crippen LogP contribution in [0.25, 0.3) is 0 Å². The Balaban J connectivity index is 3.16. The third kappa shape index (κ3) is 2.55. The smallest absolute Gasteiger partial charge is 0.355 e. The van der Waals surface area contributed by atoms with Crippen LogP contribution in [0.1, 0.15) is 47.1 Å². The van der Waals surface area contributed by atoms with Crippen molar-refractivity contribution >= 4 is 11.9 Å². The van der Waals surface area contributed by atoms with Crippen LogP contribution in [0.3, 0.4) is 0 Å². The van der Waals surface area contributed by atoms with Crippen molar-refractivity contribution in [3.8, 4) is 0 Å². The van der Waals surface area contributed by atoms with Gasteiger partial charge in [0.1, 0.15) is 5.69 Å². The van der Waals surface area contributed by atoms with E-state index in [2.05, 4.69) is 4.98 Å². The van der Waals surface area contributed by atoms with Crippen molar-refractivity contribution in [3.05, 3.63) is 22.5 Å². The van der Waals surface area contributed by atoms with Gasteiger partial charge in [-0.15, -0.1) is 0 Å². The fourth-order valence-electron chi connectivity index (χ4n) is 2.12. The number of hydrogen-bond acceptors (Lipinski definition) is 4. The molecule has 18 heavy (non-hydrogen) atoms. The number of nitrogens with one attached hydrogen (secondary N) is 1. The van der Waals surface area contributed by atoms with Crippen LogP contribution in [0.15, 0.2) is 0 Å². The van der Waals surface area contributed by atoms with Gasteiger partial charge in [-0.05, 0) is 38.8 Å². The second-order valence-electron chi connectivity index (χ2n) is 4.13. The lowest BCUT2D eigenvalue weighted by molar-refractivity contribution is -0.142. The van der Waals surface area contributed by atoms with Crippen LogP contribution in [0.2, 0.25) is 0 Å². The molecule has 5 nitrogen and oxygen atoms in total. The second kappa shape index (κ2) is 5.71. The van der Waals surface area contributed by atoms with E-state index in [1.54, 1.807) is 20.8 Å². The zero-order valence-corrected chi connectivity index (χ0v) is 11.4. The van der Waals surface area contributed by atoms with E-state index in [0.29, 0.717) is 12.3 Å². The topological polar surface area (TPSA) is 68.4 Å². The van der Waals surface area contributed by atoms with Crippen LogP contribution in [-0.4, -0.2) is 30.6 Å².